The van der Waals surface area contributed by atoms with E-state index < -0.39 is 0 Å². The summed E-state index contributed by atoms with van der Waals surface area (Å²) in [4.78, 5) is 1.94. The molecular formula is C14H21FN2O. The molecule has 3 nitrogen and oxygen atoms in total. The molecule has 1 fully saturated rings. The van der Waals surface area contributed by atoms with Gasteiger partial charge in [0.05, 0.1) is 11.8 Å². The summed E-state index contributed by atoms with van der Waals surface area (Å²) in [5.74, 6) is -0.202. The van der Waals surface area contributed by atoms with Crippen LogP contribution < -0.4 is 10.2 Å². The van der Waals surface area contributed by atoms with Crippen molar-refractivity contribution in [2.45, 2.75) is 39.0 Å². The largest absolute Gasteiger partial charge is 0.391 e. The molecule has 0 aromatic heterocycles. The van der Waals surface area contributed by atoms with Crippen LogP contribution in [0.1, 0.15) is 25.8 Å². The van der Waals surface area contributed by atoms with E-state index in [1.165, 1.54) is 6.07 Å². The summed E-state index contributed by atoms with van der Waals surface area (Å²) in [6, 6.07) is 5.53. The standard InChI is InChI=1S/C14H21FN2O/c1-10(2)16-8-11-4-3-5-13(15)14(11)17-7-6-12(18)9-17/h3-5,10,12,16,18H,6-9H2,1-2H3. The smallest absolute Gasteiger partial charge is 0.146 e. The number of para-hydroxylation sites is 1. The highest BCUT2D eigenvalue weighted by Crippen LogP contribution is 2.28. The number of hydrogen-bond donors (Lipinski definition) is 2. The van der Waals surface area contributed by atoms with Crippen molar-refractivity contribution in [3.63, 3.8) is 0 Å². The van der Waals surface area contributed by atoms with Gasteiger partial charge in [0, 0.05) is 25.7 Å². The third kappa shape index (κ3) is 3.00. The minimum Gasteiger partial charge on any atom is -0.391 e. The second-order valence-corrected chi connectivity index (χ2v) is 5.17. The fourth-order valence-corrected chi connectivity index (χ4v) is 2.32. The Morgan fingerprint density at radius 1 is 1.50 bits per heavy atom. The third-order valence-corrected chi connectivity index (χ3v) is 3.25. The van der Waals surface area contributed by atoms with Crippen LogP contribution in [-0.2, 0) is 6.54 Å². The van der Waals surface area contributed by atoms with E-state index >= 15 is 0 Å². The SMILES string of the molecule is CC(C)NCc1cccc(F)c1N1CCC(O)C1. The van der Waals surface area contributed by atoms with Gasteiger partial charge in [-0.2, -0.15) is 0 Å². The van der Waals surface area contributed by atoms with Crippen LogP contribution >= 0.6 is 0 Å². The van der Waals surface area contributed by atoms with Gasteiger partial charge in [-0.25, -0.2) is 4.39 Å². The van der Waals surface area contributed by atoms with Gasteiger partial charge in [-0.3, -0.25) is 0 Å². The van der Waals surface area contributed by atoms with Crippen molar-refractivity contribution < 1.29 is 9.50 Å². The Hall–Kier alpha value is -1.13. The Morgan fingerprint density at radius 2 is 2.28 bits per heavy atom. The summed E-state index contributed by atoms with van der Waals surface area (Å²) in [6.45, 7) is 6.03. The van der Waals surface area contributed by atoms with Crippen LogP contribution in [0.4, 0.5) is 10.1 Å². The molecule has 18 heavy (non-hydrogen) atoms. The maximum absolute atomic E-state index is 14.0. The van der Waals surface area contributed by atoms with E-state index in [0.29, 0.717) is 31.2 Å². The van der Waals surface area contributed by atoms with Crippen molar-refractivity contribution in [3.8, 4) is 0 Å². The Morgan fingerprint density at radius 3 is 2.89 bits per heavy atom. The predicted molar refractivity (Wildman–Crippen MR) is 71.2 cm³/mol. The highest BCUT2D eigenvalue weighted by molar-refractivity contribution is 5.55. The molecule has 1 heterocycles. The number of aliphatic hydroxyl groups excluding tert-OH is 1. The highest BCUT2D eigenvalue weighted by Gasteiger charge is 2.24. The summed E-state index contributed by atoms with van der Waals surface area (Å²) in [5, 5.41) is 12.9. The van der Waals surface area contributed by atoms with Crippen LogP contribution in [-0.4, -0.2) is 30.3 Å². The van der Waals surface area contributed by atoms with Gasteiger partial charge >= 0.3 is 0 Å². The van der Waals surface area contributed by atoms with E-state index in [-0.39, 0.29) is 11.9 Å². The molecular weight excluding hydrogens is 231 g/mol. The fourth-order valence-electron chi connectivity index (χ4n) is 2.32. The number of halogens is 1. The minimum absolute atomic E-state index is 0.202. The molecule has 0 aliphatic carbocycles. The Labute approximate surface area is 108 Å². The third-order valence-electron chi connectivity index (χ3n) is 3.25. The van der Waals surface area contributed by atoms with Crippen LogP contribution in [0.5, 0.6) is 0 Å². The molecule has 1 atom stereocenters. The second-order valence-electron chi connectivity index (χ2n) is 5.17. The van der Waals surface area contributed by atoms with E-state index in [4.69, 9.17) is 0 Å². The zero-order chi connectivity index (χ0) is 13.1. The van der Waals surface area contributed by atoms with Crippen molar-refractivity contribution in [1.82, 2.24) is 5.32 Å². The van der Waals surface area contributed by atoms with Crippen molar-refractivity contribution in [3.05, 3.63) is 29.6 Å². The number of hydrogen-bond acceptors (Lipinski definition) is 3. The molecule has 1 unspecified atom stereocenters. The molecule has 2 rings (SSSR count). The lowest BCUT2D eigenvalue weighted by Crippen LogP contribution is -2.27. The normalized spacial score (nSPS) is 19.8. The van der Waals surface area contributed by atoms with E-state index in [0.717, 1.165) is 12.1 Å². The zero-order valence-corrected chi connectivity index (χ0v) is 11.0. The Kier molecular flexibility index (Phi) is 4.19. The van der Waals surface area contributed by atoms with Crippen LogP contribution in [0.3, 0.4) is 0 Å². The first-order valence-electron chi connectivity index (χ1n) is 6.51. The van der Waals surface area contributed by atoms with Crippen molar-refractivity contribution in [2.24, 2.45) is 0 Å². The number of anilines is 1. The summed E-state index contributed by atoms with van der Waals surface area (Å²) in [7, 11) is 0. The number of β-amino-alcohol motifs (C(OH)–C–C–N with tert-alkyl or cyclic N) is 1. The summed E-state index contributed by atoms with van der Waals surface area (Å²) in [6.07, 6.45) is 0.376. The average Bonchev–Trinajstić information content (AvgIpc) is 2.72. The molecule has 2 N–H and O–H groups in total. The number of aliphatic hydroxyl groups is 1. The molecule has 1 saturated heterocycles. The number of rotatable bonds is 4. The topological polar surface area (TPSA) is 35.5 Å². The van der Waals surface area contributed by atoms with E-state index in [2.05, 4.69) is 19.2 Å². The molecule has 4 heteroatoms. The van der Waals surface area contributed by atoms with Gasteiger partial charge in [-0.15, -0.1) is 0 Å². The van der Waals surface area contributed by atoms with Crippen molar-refractivity contribution in [1.29, 1.82) is 0 Å². The van der Waals surface area contributed by atoms with Gasteiger partial charge in [0.2, 0.25) is 0 Å². The van der Waals surface area contributed by atoms with Gasteiger partial charge in [-0.05, 0) is 18.1 Å². The highest BCUT2D eigenvalue weighted by atomic mass is 19.1. The van der Waals surface area contributed by atoms with Crippen molar-refractivity contribution in [2.75, 3.05) is 18.0 Å². The lowest BCUT2D eigenvalue weighted by atomic mass is 10.1. The van der Waals surface area contributed by atoms with Gasteiger partial charge < -0.3 is 15.3 Å². The molecule has 1 aromatic carbocycles. The summed E-state index contributed by atoms with van der Waals surface area (Å²) in [5.41, 5.74) is 1.60. The molecule has 0 radical (unpaired) electrons. The first-order valence-corrected chi connectivity index (χ1v) is 6.51. The van der Waals surface area contributed by atoms with E-state index in [9.17, 15) is 9.50 Å². The lowest BCUT2D eigenvalue weighted by Gasteiger charge is -2.23. The van der Waals surface area contributed by atoms with Crippen LogP contribution in [0.25, 0.3) is 0 Å². The van der Waals surface area contributed by atoms with Gasteiger partial charge in [0.1, 0.15) is 5.82 Å². The lowest BCUT2D eigenvalue weighted by molar-refractivity contribution is 0.198. The van der Waals surface area contributed by atoms with Crippen molar-refractivity contribution >= 4 is 5.69 Å². The maximum atomic E-state index is 14.0. The molecule has 0 saturated carbocycles. The molecule has 0 amide bonds. The molecule has 0 spiro atoms. The first-order chi connectivity index (χ1) is 8.58. The summed E-state index contributed by atoms with van der Waals surface area (Å²) < 4.78 is 14.0. The minimum atomic E-state index is -0.337. The fraction of sp³-hybridized carbons (Fsp3) is 0.571. The molecule has 0 bridgehead atoms. The number of benzene rings is 1. The maximum Gasteiger partial charge on any atom is 0.146 e. The van der Waals surface area contributed by atoms with Crippen LogP contribution in [0, 0.1) is 5.82 Å². The van der Waals surface area contributed by atoms with Crippen LogP contribution in [0.15, 0.2) is 18.2 Å². The Bertz CT molecular complexity index is 409. The zero-order valence-electron chi connectivity index (χ0n) is 11.0. The predicted octanol–water partition coefficient (Wildman–Crippen LogP) is 1.89. The second kappa shape index (κ2) is 5.67. The van der Waals surface area contributed by atoms with Gasteiger partial charge in [0.25, 0.3) is 0 Å². The van der Waals surface area contributed by atoms with E-state index in [1.807, 2.05) is 11.0 Å². The number of nitrogens with one attached hydrogen (secondary N) is 1. The molecule has 1 aliphatic rings. The van der Waals surface area contributed by atoms with Crippen LogP contribution in [0.2, 0.25) is 0 Å². The van der Waals surface area contributed by atoms with E-state index in [1.54, 1.807) is 6.07 Å². The van der Waals surface area contributed by atoms with Gasteiger partial charge in [0.15, 0.2) is 0 Å². The molecule has 100 valence electrons. The average molecular weight is 252 g/mol. The quantitative estimate of drug-likeness (QED) is 0.859. The number of nitrogens with zero attached hydrogens (tertiary/aromatic N) is 1. The molecule has 1 aliphatic heterocycles. The monoisotopic (exact) mass is 252 g/mol. The Balaban J connectivity index is 2.21. The summed E-state index contributed by atoms with van der Waals surface area (Å²) >= 11 is 0. The first kappa shape index (κ1) is 13.3. The van der Waals surface area contributed by atoms with Gasteiger partial charge in [-0.1, -0.05) is 26.0 Å². The molecule has 1 aromatic rings.